The number of nitrogens with zero attached hydrogens (tertiary/aromatic N) is 5. The van der Waals surface area contributed by atoms with Crippen LogP contribution in [-0.2, 0) is 19.5 Å². The SMILES string of the molecule is Cc1ccc(-c2nnc(CN3CCc4c(ncn4C4CC4)C3)o2)cc1. The summed E-state index contributed by atoms with van der Waals surface area (Å²) in [6.45, 7) is 4.61. The van der Waals surface area contributed by atoms with Crippen molar-refractivity contribution >= 4 is 0 Å². The van der Waals surface area contributed by atoms with Gasteiger partial charge in [0.15, 0.2) is 0 Å². The standard InChI is InChI=1S/C19H21N5O/c1-13-2-4-14(5-3-13)19-22-21-18(25-19)11-23-9-8-17-16(10-23)20-12-24(17)15-6-7-15/h2-5,12,15H,6-11H2,1H3. The lowest BCUT2D eigenvalue weighted by molar-refractivity contribution is 0.217. The Morgan fingerprint density at radius 1 is 1.16 bits per heavy atom. The van der Waals surface area contributed by atoms with Gasteiger partial charge in [-0.05, 0) is 31.9 Å². The Labute approximate surface area is 146 Å². The summed E-state index contributed by atoms with van der Waals surface area (Å²) < 4.78 is 8.25. The molecule has 25 heavy (non-hydrogen) atoms. The molecule has 1 aliphatic heterocycles. The zero-order chi connectivity index (χ0) is 16.8. The predicted octanol–water partition coefficient (Wildman–Crippen LogP) is 3.13. The van der Waals surface area contributed by atoms with Crippen LogP contribution in [0.3, 0.4) is 0 Å². The summed E-state index contributed by atoms with van der Waals surface area (Å²) in [5.41, 5.74) is 4.81. The molecule has 6 heteroatoms. The summed E-state index contributed by atoms with van der Waals surface area (Å²) in [4.78, 5) is 6.96. The Morgan fingerprint density at radius 3 is 2.80 bits per heavy atom. The maximum Gasteiger partial charge on any atom is 0.247 e. The van der Waals surface area contributed by atoms with E-state index < -0.39 is 0 Å². The molecule has 1 aliphatic carbocycles. The van der Waals surface area contributed by atoms with Crippen molar-refractivity contribution in [2.75, 3.05) is 6.54 Å². The van der Waals surface area contributed by atoms with E-state index in [1.54, 1.807) is 0 Å². The van der Waals surface area contributed by atoms with Gasteiger partial charge in [-0.25, -0.2) is 4.98 Å². The Kier molecular flexibility index (Phi) is 3.45. The Bertz CT molecular complexity index is 891. The molecule has 2 aromatic heterocycles. The van der Waals surface area contributed by atoms with Crippen LogP contribution in [0.4, 0.5) is 0 Å². The highest BCUT2D eigenvalue weighted by Crippen LogP contribution is 2.37. The predicted molar refractivity (Wildman–Crippen MR) is 92.8 cm³/mol. The maximum atomic E-state index is 5.86. The Morgan fingerprint density at radius 2 is 2.00 bits per heavy atom. The summed E-state index contributed by atoms with van der Waals surface area (Å²) in [7, 11) is 0. The molecule has 0 bridgehead atoms. The molecule has 6 nitrogen and oxygen atoms in total. The summed E-state index contributed by atoms with van der Waals surface area (Å²) >= 11 is 0. The van der Waals surface area contributed by atoms with Crippen molar-refractivity contribution < 1.29 is 4.42 Å². The number of aryl methyl sites for hydroxylation is 1. The van der Waals surface area contributed by atoms with Crippen molar-refractivity contribution in [2.45, 2.75) is 45.3 Å². The molecule has 0 unspecified atom stereocenters. The second-order valence-corrected chi connectivity index (χ2v) is 7.10. The molecule has 0 saturated heterocycles. The molecule has 0 amide bonds. The van der Waals surface area contributed by atoms with Crippen LogP contribution < -0.4 is 0 Å². The number of hydrogen-bond donors (Lipinski definition) is 0. The van der Waals surface area contributed by atoms with Crippen molar-refractivity contribution in [2.24, 2.45) is 0 Å². The molecule has 5 rings (SSSR count). The van der Waals surface area contributed by atoms with Gasteiger partial charge >= 0.3 is 0 Å². The van der Waals surface area contributed by atoms with E-state index in [0.29, 0.717) is 24.4 Å². The fourth-order valence-corrected chi connectivity index (χ4v) is 3.51. The summed E-state index contributed by atoms with van der Waals surface area (Å²) in [6, 6.07) is 8.86. The van der Waals surface area contributed by atoms with Gasteiger partial charge in [0.1, 0.15) is 0 Å². The minimum atomic E-state index is 0.589. The zero-order valence-electron chi connectivity index (χ0n) is 14.4. The van der Waals surface area contributed by atoms with Crippen molar-refractivity contribution in [3.05, 3.63) is 53.4 Å². The fraction of sp³-hybridized carbons (Fsp3) is 0.421. The number of fused-ring (bicyclic) bond motifs is 1. The van der Waals surface area contributed by atoms with Crippen molar-refractivity contribution in [3.8, 4) is 11.5 Å². The number of imidazole rings is 1. The summed E-state index contributed by atoms with van der Waals surface area (Å²) in [6.07, 6.45) is 5.67. The first-order valence-electron chi connectivity index (χ1n) is 8.92. The highest BCUT2D eigenvalue weighted by Gasteiger charge is 2.29. The number of benzene rings is 1. The van der Waals surface area contributed by atoms with Crippen LogP contribution in [-0.4, -0.2) is 31.2 Å². The number of rotatable bonds is 4. The molecular weight excluding hydrogens is 314 g/mol. The first-order chi connectivity index (χ1) is 12.3. The van der Waals surface area contributed by atoms with E-state index >= 15 is 0 Å². The molecule has 1 aromatic carbocycles. The quantitative estimate of drug-likeness (QED) is 0.733. The summed E-state index contributed by atoms with van der Waals surface area (Å²) in [5, 5.41) is 8.42. The molecule has 0 N–H and O–H groups in total. The average molecular weight is 335 g/mol. The van der Waals surface area contributed by atoms with Crippen LogP contribution in [0, 0.1) is 6.92 Å². The van der Waals surface area contributed by atoms with Crippen LogP contribution in [0.15, 0.2) is 35.0 Å². The van der Waals surface area contributed by atoms with E-state index in [1.165, 1.54) is 29.8 Å². The van der Waals surface area contributed by atoms with E-state index in [4.69, 9.17) is 4.42 Å². The zero-order valence-corrected chi connectivity index (χ0v) is 14.4. The van der Waals surface area contributed by atoms with Gasteiger partial charge in [-0.1, -0.05) is 17.7 Å². The largest absolute Gasteiger partial charge is 0.419 e. The van der Waals surface area contributed by atoms with Crippen LogP contribution >= 0.6 is 0 Å². The van der Waals surface area contributed by atoms with E-state index in [1.807, 2.05) is 18.5 Å². The lowest BCUT2D eigenvalue weighted by Gasteiger charge is -2.25. The molecular formula is C19H21N5O. The van der Waals surface area contributed by atoms with Gasteiger partial charge in [-0.2, -0.15) is 0 Å². The van der Waals surface area contributed by atoms with E-state index in [0.717, 1.165) is 25.1 Å². The second-order valence-electron chi connectivity index (χ2n) is 7.10. The molecule has 0 atom stereocenters. The van der Waals surface area contributed by atoms with Gasteiger partial charge in [-0.3, -0.25) is 4.90 Å². The van der Waals surface area contributed by atoms with Crippen molar-refractivity contribution in [3.63, 3.8) is 0 Å². The third-order valence-corrected chi connectivity index (χ3v) is 5.09. The molecule has 1 saturated carbocycles. The van der Waals surface area contributed by atoms with Gasteiger partial charge in [0.2, 0.25) is 11.8 Å². The lowest BCUT2D eigenvalue weighted by Crippen LogP contribution is -2.31. The van der Waals surface area contributed by atoms with Crippen LogP contribution in [0.1, 0.15) is 41.7 Å². The smallest absolute Gasteiger partial charge is 0.247 e. The molecule has 128 valence electrons. The first kappa shape index (κ1) is 14.8. The van der Waals surface area contributed by atoms with Crippen LogP contribution in [0.5, 0.6) is 0 Å². The topological polar surface area (TPSA) is 60.0 Å². The molecule has 1 fully saturated rings. The Hall–Kier alpha value is -2.47. The third kappa shape index (κ3) is 2.87. The maximum absolute atomic E-state index is 5.86. The first-order valence-corrected chi connectivity index (χ1v) is 8.92. The monoisotopic (exact) mass is 335 g/mol. The van der Waals surface area contributed by atoms with Gasteiger partial charge in [-0.15, -0.1) is 10.2 Å². The van der Waals surface area contributed by atoms with Crippen molar-refractivity contribution in [1.29, 1.82) is 0 Å². The lowest BCUT2D eigenvalue weighted by atomic mass is 10.1. The molecule has 0 radical (unpaired) electrons. The minimum Gasteiger partial charge on any atom is -0.419 e. The van der Waals surface area contributed by atoms with E-state index in [-0.39, 0.29) is 0 Å². The minimum absolute atomic E-state index is 0.589. The fourth-order valence-electron chi connectivity index (χ4n) is 3.51. The Balaban J connectivity index is 1.29. The van der Waals surface area contributed by atoms with Gasteiger partial charge in [0, 0.05) is 36.8 Å². The highest BCUT2D eigenvalue weighted by molar-refractivity contribution is 5.52. The third-order valence-electron chi connectivity index (χ3n) is 5.09. The number of hydrogen-bond acceptors (Lipinski definition) is 5. The van der Waals surface area contributed by atoms with Crippen LogP contribution in [0.2, 0.25) is 0 Å². The van der Waals surface area contributed by atoms with E-state index in [2.05, 4.69) is 43.7 Å². The number of aromatic nitrogens is 4. The highest BCUT2D eigenvalue weighted by atomic mass is 16.4. The normalized spacial score (nSPS) is 17.6. The molecule has 2 aliphatic rings. The molecule has 3 aromatic rings. The molecule has 3 heterocycles. The van der Waals surface area contributed by atoms with Crippen molar-refractivity contribution in [1.82, 2.24) is 24.6 Å². The van der Waals surface area contributed by atoms with Gasteiger partial charge < -0.3 is 8.98 Å². The average Bonchev–Trinajstić information content (AvgIpc) is 3.21. The molecule has 0 spiro atoms. The van der Waals surface area contributed by atoms with Gasteiger partial charge in [0.05, 0.1) is 18.6 Å². The van der Waals surface area contributed by atoms with Crippen LogP contribution in [0.25, 0.3) is 11.5 Å². The van der Waals surface area contributed by atoms with Gasteiger partial charge in [0.25, 0.3) is 0 Å². The summed E-state index contributed by atoms with van der Waals surface area (Å²) in [5.74, 6) is 1.26. The second kappa shape index (κ2) is 5.81. The van der Waals surface area contributed by atoms with E-state index in [9.17, 15) is 0 Å².